The van der Waals surface area contributed by atoms with Gasteiger partial charge >= 0.3 is 5.63 Å². The van der Waals surface area contributed by atoms with Crippen LogP contribution in [0.4, 0.5) is 0 Å². The molecule has 2 rings (SSSR count). The van der Waals surface area contributed by atoms with Gasteiger partial charge in [0.25, 0.3) is 0 Å². The van der Waals surface area contributed by atoms with Crippen molar-refractivity contribution in [1.29, 1.82) is 0 Å². The van der Waals surface area contributed by atoms with Gasteiger partial charge in [0.2, 0.25) is 0 Å². The fraction of sp³-hybridized carbons (Fsp3) is 0.250. The largest absolute Gasteiger partial charge is 0.497 e. The van der Waals surface area contributed by atoms with Crippen LogP contribution in [-0.2, 0) is 0 Å². The second-order valence-corrected chi connectivity index (χ2v) is 3.22. The first kappa shape index (κ1) is 10.5. The van der Waals surface area contributed by atoms with Gasteiger partial charge in [-0.3, -0.25) is 0 Å². The van der Waals surface area contributed by atoms with Crippen molar-refractivity contribution < 1.29 is 13.9 Å². The normalized spacial score (nSPS) is 10.4. The van der Waals surface area contributed by atoms with Crippen molar-refractivity contribution in [2.75, 3.05) is 13.7 Å². The lowest BCUT2D eigenvalue weighted by Gasteiger charge is -2.07. The molecule has 0 aliphatic rings. The standard InChI is InChI=1S/C12H12O4/c1-3-15-11-7-12(13)16-10-5-4-8(14-2)6-9(10)11/h4-7H,3H2,1-2H3. The van der Waals surface area contributed by atoms with Crippen molar-refractivity contribution in [3.63, 3.8) is 0 Å². The highest BCUT2D eigenvalue weighted by Crippen LogP contribution is 2.27. The van der Waals surface area contributed by atoms with Crippen LogP contribution in [0.15, 0.2) is 33.5 Å². The summed E-state index contributed by atoms with van der Waals surface area (Å²) in [6.07, 6.45) is 0. The molecule has 0 spiro atoms. The van der Waals surface area contributed by atoms with Gasteiger partial charge in [0.1, 0.15) is 17.1 Å². The van der Waals surface area contributed by atoms with E-state index in [4.69, 9.17) is 13.9 Å². The van der Waals surface area contributed by atoms with Crippen molar-refractivity contribution in [2.24, 2.45) is 0 Å². The van der Waals surface area contributed by atoms with Gasteiger partial charge in [0.05, 0.1) is 25.2 Å². The maximum atomic E-state index is 11.3. The third kappa shape index (κ3) is 1.86. The predicted molar refractivity (Wildman–Crippen MR) is 60.2 cm³/mol. The summed E-state index contributed by atoms with van der Waals surface area (Å²) >= 11 is 0. The van der Waals surface area contributed by atoms with Crippen molar-refractivity contribution >= 4 is 11.0 Å². The fourth-order valence-corrected chi connectivity index (χ4v) is 1.52. The van der Waals surface area contributed by atoms with E-state index in [9.17, 15) is 4.79 Å². The van der Waals surface area contributed by atoms with Crippen LogP contribution in [0.5, 0.6) is 11.5 Å². The molecule has 84 valence electrons. The van der Waals surface area contributed by atoms with Crippen molar-refractivity contribution in [3.05, 3.63) is 34.7 Å². The molecular formula is C12H12O4. The molecule has 0 amide bonds. The van der Waals surface area contributed by atoms with Gasteiger partial charge in [-0.15, -0.1) is 0 Å². The molecule has 0 aliphatic carbocycles. The van der Waals surface area contributed by atoms with E-state index in [1.54, 1.807) is 25.3 Å². The molecule has 0 aliphatic heterocycles. The Bertz CT molecular complexity index is 556. The number of hydrogen-bond acceptors (Lipinski definition) is 4. The Morgan fingerprint density at radius 1 is 1.31 bits per heavy atom. The summed E-state index contributed by atoms with van der Waals surface area (Å²) < 4.78 is 15.6. The molecule has 1 aromatic carbocycles. The minimum atomic E-state index is -0.416. The van der Waals surface area contributed by atoms with E-state index in [-0.39, 0.29) is 0 Å². The Morgan fingerprint density at radius 3 is 2.81 bits per heavy atom. The monoisotopic (exact) mass is 220 g/mol. The second-order valence-electron chi connectivity index (χ2n) is 3.22. The minimum Gasteiger partial charge on any atom is -0.497 e. The molecule has 0 bridgehead atoms. The Kier molecular flexibility index (Phi) is 2.81. The molecular weight excluding hydrogens is 208 g/mol. The number of methoxy groups -OCH3 is 1. The first-order valence-electron chi connectivity index (χ1n) is 4.99. The lowest BCUT2D eigenvalue weighted by Crippen LogP contribution is -2.01. The molecule has 0 radical (unpaired) electrons. The van der Waals surface area contributed by atoms with Crippen LogP contribution in [0.3, 0.4) is 0 Å². The van der Waals surface area contributed by atoms with Crippen LogP contribution in [-0.4, -0.2) is 13.7 Å². The van der Waals surface area contributed by atoms with Crippen LogP contribution >= 0.6 is 0 Å². The minimum absolute atomic E-state index is 0.416. The highest BCUT2D eigenvalue weighted by atomic mass is 16.5. The van der Waals surface area contributed by atoms with E-state index in [2.05, 4.69) is 0 Å². The first-order chi connectivity index (χ1) is 7.74. The molecule has 0 fully saturated rings. The van der Waals surface area contributed by atoms with Crippen molar-refractivity contribution in [3.8, 4) is 11.5 Å². The number of hydrogen-bond donors (Lipinski definition) is 0. The summed E-state index contributed by atoms with van der Waals surface area (Å²) in [6.45, 7) is 2.36. The molecule has 0 atom stereocenters. The molecule has 4 nitrogen and oxygen atoms in total. The van der Waals surface area contributed by atoms with E-state index in [0.29, 0.717) is 23.7 Å². The van der Waals surface area contributed by atoms with Crippen LogP contribution in [0.25, 0.3) is 11.0 Å². The van der Waals surface area contributed by atoms with Crippen LogP contribution in [0.1, 0.15) is 6.92 Å². The molecule has 2 aromatic rings. The van der Waals surface area contributed by atoms with Crippen LogP contribution < -0.4 is 15.1 Å². The van der Waals surface area contributed by atoms with E-state index < -0.39 is 5.63 Å². The van der Waals surface area contributed by atoms with Gasteiger partial charge in [0, 0.05) is 0 Å². The summed E-state index contributed by atoms with van der Waals surface area (Å²) in [5.74, 6) is 1.22. The number of benzene rings is 1. The average Bonchev–Trinajstić information content (AvgIpc) is 2.29. The third-order valence-electron chi connectivity index (χ3n) is 2.21. The first-order valence-corrected chi connectivity index (χ1v) is 4.99. The van der Waals surface area contributed by atoms with Gasteiger partial charge in [0.15, 0.2) is 0 Å². The van der Waals surface area contributed by atoms with Crippen molar-refractivity contribution in [1.82, 2.24) is 0 Å². The van der Waals surface area contributed by atoms with Gasteiger partial charge in [-0.05, 0) is 25.1 Å². The number of ether oxygens (including phenoxy) is 2. The Morgan fingerprint density at radius 2 is 2.12 bits per heavy atom. The summed E-state index contributed by atoms with van der Waals surface area (Å²) in [5.41, 5.74) is 0.0814. The van der Waals surface area contributed by atoms with Crippen LogP contribution in [0, 0.1) is 0 Å². The summed E-state index contributed by atoms with van der Waals surface area (Å²) in [6, 6.07) is 6.55. The van der Waals surface area contributed by atoms with Crippen molar-refractivity contribution in [2.45, 2.75) is 6.92 Å². The fourth-order valence-electron chi connectivity index (χ4n) is 1.52. The second kappa shape index (κ2) is 4.26. The predicted octanol–water partition coefficient (Wildman–Crippen LogP) is 2.20. The van der Waals surface area contributed by atoms with E-state index >= 15 is 0 Å². The summed E-state index contributed by atoms with van der Waals surface area (Å²) in [4.78, 5) is 11.3. The van der Waals surface area contributed by atoms with Gasteiger partial charge < -0.3 is 13.9 Å². The third-order valence-corrected chi connectivity index (χ3v) is 2.21. The molecule has 1 aromatic heterocycles. The molecule has 0 saturated carbocycles. The average molecular weight is 220 g/mol. The smallest absolute Gasteiger partial charge is 0.339 e. The lowest BCUT2D eigenvalue weighted by atomic mass is 10.2. The summed E-state index contributed by atoms with van der Waals surface area (Å²) in [5, 5.41) is 0.737. The topological polar surface area (TPSA) is 48.7 Å². The lowest BCUT2D eigenvalue weighted by molar-refractivity contribution is 0.340. The van der Waals surface area contributed by atoms with Gasteiger partial charge in [-0.2, -0.15) is 0 Å². The highest BCUT2D eigenvalue weighted by molar-refractivity contribution is 5.84. The molecule has 4 heteroatoms. The SMILES string of the molecule is CCOc1cc(=O)oc2ccc(OC)cc12. The van der Waals surface area contributed by atoms with Gasteiger partial charge in [-0.25, -0.2) is 4.79 Å². The van der Waals surface area contributed by atoms with Crippen LogP contribution in [0.2, 0.25) is 0 Å². The molecule has 16 heavy (non-hydrogen) atoms. The molecule has 0 N–H and O–H groups in total. The number of fused-ring (bicyclic) bond motifs is 1. The zero-order valence-electron chi connectivity index (χ0n) is 9.15. The molecule has 1 heterocycles. The van der Waals surface area contributed by atoms with E-state index in [0.717, 1.165) is 5.39 Å². The Labute approximate surface area is 92.4 Å². The maximum Gasteiger partial charge on any atom is 0.339 e. The quantitative estimate of drug-likeness (QED) is 0.744. The number of rotatable bonds is 3. The molecule has 0 saturated heterocycles. The Balaban J connectivity index is 2.70. The zero-order valence-corrected chi connectivity index (χ0v) is 9.15. The highest BCUT2D eigenvalue weighted by Gasteiger charge is 2.07. The zero-order chi connectivity index (χ0) is 11.5. The maximum absolute atomic E-state index is 11.3. The van der Waals surface area contributed by atoms with Gasteiger partial charge in [-0.1, -0.05) is 0 Å². The summed E-state index contributed by atoms with van der Waals surface area (Å²) in [7, 11) is 1.58. The molecule has 0 unspecified atom stereocenters. The van der Waals surface area contributed by atoms with E-state index in [1.807, 2.05) is 6.92 Å². The Hall–Kier alpha value is -1.97. The van der Waals surface area contributed by atoms with E-state index in [1.165, 1.54) is 6.07 Å².